The molecule has 2 aliphatic carbocycles. The van der Waals surface area contributed by atoms with Crippen molar-refractivity contribution in [3.63, 3.8) is 0 Å². The van der Waals surface area contributed by atoms with E-state index in [9.17, 15) is 5.11 Å². The molecule has 0 saturated heterocycles. The summed E-state index contributed by atoms with van der Waals surface area (Å²) in [7, 11) is 0. The maximum absolute atomic E-state index is 9.35. The molecule has 2 aliphatic rings. The highest BCUT2D eigenvalue weighted by Gasteiger charge is 2.19. The summed E-state index contributed by atoms with van der Waals surface area (Å²) in [5.74, 6) is 0.399. The van der Waals surface area contributed by atoms with Gasteiger partial charge in [-0.2, -0.15) is 0 Å². The Morgan fingerprint density at radius 3 is 2.45 bits per heavy atom. The van der Waals surface area contributed by atoms with Crippen LogP contribution in [0.4, 0.5) is 0 Å². The van der Waals surface area contributed by atoms with Crippen LogP contribution in [-0.4, -0.2) is 5.11 Å². The van der Waals surface area contributed by atoms with Crippen molar-refractivity contribution in [2.24, 2.45) is 0 Å². The van der Waals surface area contributed by atoms with Gasteiger partial charge in [0.05, 0.1) is 0 Å². The van der Waals surface area contributed by atoms with Gasteiger partial charge in [-0.25, -0.2) is 0 Å². The van der Waals surface area contributed by atoms with Gasteiger partial charge >= 0.3 is 0 Å². The first kappa shape index (κ1) is 6.47. The van der Waals surface area contributed by atoms with Gasteiger partial charge in [-0.3, -0.25) is 0 Å². The molecule has 0 aromatic heterocycles. The van der Waals surface area contributed by atoms with Crippen LogP contribution in [0.1, 0.15) is 13.8 Å². The van der Waals surface area contributed by atoms with Crippen LogP contribution < -0.4 is 0 Å². The summed E-state index contributed by atoms with van der Waals surface area (Å²) in [6.45, 7) is 4.14. The predicted octanol–water partition coefficient (Wildman–Crippen LogP) is 2.64. The van der Waals surface area contributed by atoms with Gasteiger partial charge in [-0.15, -0.1) is 0 Å². The second kappa shape index (κ2) is 1.88. The number of aliphatic hydroxyl groups is 1. The van der Waals surface area contributed by atoms with E-state index >= 15 is 0 Å². The Bertz CT molecular complexity index is 338. The summed E-state index contributed by atoms with van der Waals surface area (Å²) in [6, 6.07) is 0. The highest BCUT2D eigenvalue weighted by atomic mass is 16.3. The van der Waals surface area contributed by atoms with Crippen LogP contribution >= 0.6 is 0 Å². The highest BCUT2D eigenvalue weighted by Crippen LogP contribution is 2.36. The third kappa shape index (κ3) is 0.709. The zero-order valence-corrected chi connectivity index (χ0v) is 6.68. The molecule has 56 valence electrons. The van der Waals surface area contributed by atoms with E-state index in [1.807, 2.05) is 12.2 Å². The molecule has 1 N–H and O–H groups in total. The topological polar surface area (TPSA) is 20.2 Å². The first-order valence-electron chi connectivity index (χ1n) is 3.71. The smallest absolute Gasteiger partial charge is 0.123 e. The Morgan fingerprint density at radius 2 is 1.82 bits per heavy atom. The molecule has 1 heteroatoms. The number of hydrogen-bond acceptors (Lipinski definition) is 1. The normalized spacial score (nSPS) is 21.5. The number of fused-ring (bicyclic) bond motifs is 1. The van der Waals surface area contributed by atoms with Crippen molar-refractivity contribution >= 4 is 0 Å². The minimum atomic E-state index is 0.399. The number of rotatable bonds is 0. The number of aliphatic hydroxyl groups excluding tert-OH is 1. The molecule has 0 saturated carbocycles. The summed E-state index contributed by atoms with van der Waals surface area (Å²) >= 11 is 0. The van der Waals surface area contributed by atoms with Gasteiger partial charge in [-0.1, -0.05) is 6.08 Å². The molecule has 0 bridgehead atoms. The molecule has 11 heavy (non-hydrogen) atoms. The Morgan fingerprint density at radius 1 is 1.09 bits per heavy atom. The minimum Gasteiger partial charge on any atom is -0.507 e. The quantitative estimate of drug-likeness (QED) is 0.557. The average molecular weight is 146 g/mol. The van der Waals surface area contributed by atoms with Crippen LogP contribution in [0.15, 0.2) is 46.3 Å². The maximum atomic E-state index is 9.35. The minimum absolute atomic E-state index is 0.399. The van der Waals surface area contributed by atoms with E-state index in [1.165, 1.54) is 16.7 Å². The van der Waals surface area contributed by atoms with E-state index in [2.05, 4.69) is 13.8 Å². The average Bonchev–Trinajstić information content (AvgIpc) is 2.43. The van der Waals surface area contributed by atoms with Crippen LogP contribution in [0.2, 0.25) is 0 Å². The molecule has 0 aromatic carbocycles. The van der Waals surface area contributed by atoms with E-state index in [4.69, 9.17) is 0 Å². The number of hydrogen-bond donors (Lipinski definition) is 1. The Balaban J connectivity index is 2.65. The summed E-state index contributed by atoms with van der Waals surface area (Å²) < 4.78 is 0. The van der Waals surface area contributed by atoms with Crippen molar-refractivity contribution in [2.75, 3.05) is 0 Å². The highest BCUT2D eigenvalue weighted by molar-refractivity contribution is 5.67. The first-order valence-corrected chi connectivity index (χ1v) is 3.71. The molecule has 0 spiro atoms. The van der Waals surface area contributed by atoms with Crippen LogP contribution in [0.3, 0.4) is 0 Å². The van der Waals surface area contributed by atoms with E-state index in [-0.39, 0.29) is 0 Å². The molecule has 2 rings (SSSR count). The third-order valence-electron chi connectivity index (χ3n) is 2.33. The van der Waals surface area contributed by atoms with Crippen LogP contribution in [0, 0.1) is 0 Å². The molecule has 0 aromatic rings. The molecule has 0 heterocycles. The summed E-state index contributed by atoms with van der Waals surface area (Å²) in [5.41, 5.74) is 4.70. The van der Waals surface area contributed by atoms with Crippen molar-refractivity contribution in [1.29, 1.82) is 0 Å². The molecule has 0 unspecified atom stereocenters. The standard InChI is InChI=1S/C10H10O/c1-6-5-9-8(7(6)2)3-4-10(9)11/h3-5,11H,1-2H3. The molecule has 1 nitrogen and oxygen atoms in total. The molecule has 0 amide bonds. The van der Waals surface area contributed by atoms with Crippen LogP contribution in [-0.2, 0) is 0 Å². The van der Waals surface area contributed by atoms with Crippen molar-refractivity contribution in [3.8, 4) is 0 Å². The molecule has 0 atom stereocenters. The molecular weight excluding hydrogens is 136 g/mol. The molecule has 0 radical (unpaired) electrons. The Hall–Kier alpha value is -1.24. The van der Waals surface area contributed by atoms with Gasteiger partial charge in [0.2, 0.25) is 0 Å². The van der Waals surface area contributed by atoms with Crippen LogP contribution in [0.25, 0.3) is 0 Å². The monoisotopic (exact) mass is 146 g/mol. The zero-order chi connectivity index (χ0) is 8.01. The summed E-state index contributed by atoms with van der Waals surface area (Å²) in [4.78, 5) is 0. The first-order chi connectivity index (χ1) is 5.20. The lowest BCUT2D eigenvalue weighted by atomic mass is 10.1. The second-order valence-electron chi connectivity index (χ2n) is 3.00. The van der Waals surface area contributed by atoms with Gasteiger partial charge in [0.15, 0.2) is 0 Å². The van der Waals surface area contributed by atoms with E-state index < -0.39 is 0 Å². The lowest BCUT2D eigenvalue weighted by Gasteiger charge is -1.94. The fourth-order valence-electron chi connectivity index (χ4n) is 1.50. The molecule has 0 fully saturated rings. The predicted molar refractivity (Wildman–Crippen MR) is 45.3 cm³/mol. The van der Waals surface area contributed by atoms with Crippen molar-refractivity contribution in [2.45, 2.75) is 13.8 Å². The summed E-state index contributed by atoms with van der Waals surface area (Å²) in [5, 5.41) is 9.35. The van der Waals surface area contributed by atoms with E-state index in [0.717, 1.165) is 5.57 Å². The van der Waals surface area contributed by atoms with Gasteiger partial charge < -0.3 is 5.11 Å². The van der Waals surface area contributed by atoms with Gasteiger partial charge in [0, 0.05) is 5.57 Å². The largest absolute Gasteiger partial charge is 0.507 e. The Kier molecular flexibility index (Phi) is 1.10. The van der Waals surface area contributed by atoms with Gasteiger partial charge in [0.25, 0.3) is 0 Å². The molecule has 0 aliphatic heterocycles. The lowest BCUT2D eigenvalue weighted by molar-refractivity contribution is 0.431. The fraction of sp³-hybridized carbons (Fsp3) is 0.200. The van der Waals surface area contributed by atoms with E-state index in [0.29, 0.717) is 5.76 Å². The summed E-state index contributed by atoms with van der Waals surface area (Å²) in [6.07, 6.45) is 5.74. The second-order valence-corrected chi connectivity index (χ2v) is 3.00. The zero-order valence-electron chi connectivity index (χ0n) is 6.68. The third-order valence-corrected chi connectivity index (χ3v) is 2.33. The van der Waals surface area contributed by atoms with Gasteiger partial charge in [-0.05, 0) is 42.7 Å². The van der Waals surface area contributed by atoms with Gasteiger partial charge in [0.1, 0.15) is 5.76 Å². The van der Waals surface area contributed by atoms with Crippen molar-refractivity contribution < 1.29 is 5.11 Å². The van der Waals surface area contributed by atoms with Crippen molar-refractivity contribution in [1.82, 2.24) is 0 Å². The SMILES string of the molecule is CC1=CC2=C(O)C=CC2=C1C. The van der Waals surface area contributed by atoms with Crippen molar-refractivity contribution in [3.05, 3.63) is 46.3 Å². The fourth-order valence-corrected chi connectivity index (χ4v) is 1.50. The van der Waals surface area contributed by atoms with E-state index in [1.54, 1.807) is 6.08 Å². The lowest BCUT2D eigenvalue weighted by Crippen LogP contribution is -1.78. The van der Waals surface area contributed by atoms with Crippen LogP contribution in [0.5, 0.6) is 0 Å². The number of allylic oxidation sites excluding steroid dienone is 7. The Labute approximate surface area is 66.0 Å². The molecular formula is C10H10O. The maximum Gasteiger partial charge on any atom is 0.123 e.